The summed E-state index contributed by atoms with van der Waals surface area (Å²) in [6.07, 6.45) is 0.847. The van der Waals surface area contributed by atoms with Crippen LogP contribution >= 0.6 is 11.6 Å². The number of aryl methyl sites for hydroxylation is 1. The summed E-state index contributed by atoms with van der Waals surface area (Å²) in [7, 11) is 0. The Bertz CT molecular complexity index is 986. The Balaban J connectivity index is 1.78. The molecule has 4 rings (SSSR count). The summed E-state index contributed by atoms with van der Waals surface area (Å²) in [5, 5.41) is 12.2. The molecule has 0 saturated carbocycles. The van der Waals surface area contributed by atoms with Crippen molar-refractivity contribution in [3.8, 4) is 11.3 Å². The molecule has 1 N–H and O–H groups in total. The Morgan fingerprint density at radius 3 is 2.53 bits per heavy atom. The van der Waals surface area contributed by atoms with Crippen LogP contribution in [0, 0.1) is 12.7 Å². The zero-order chi connectivity index (χ0) is 21.1. The number of nitrogens with zero attached hydrogens (tertiary/aromatic N) is 2. The largest absolute Gasteiger partial charge is 0.386 e. The smallest absolute Gasteiger partial charge is 0.123 e. The highest BCUT2D eigenvalue weighted by Gasteiger charge is 2.32. The third kappa shape index (κ3) is 4.55. The number of hydrogen-bond acceptors (Lipinski definition) is 4. The summed E-state index contributed by atoms with van der Waals surface area (Å²) in [6.45, 7) is 4.54. The fraction of sp³-hybridized carbons (Fsp3) is 0.292. The van der Waals surface area contributed by atoms with E-state index in [1.807, 2.05) is 37.3 Å². The van der Waals surface area contributed by atoms with Gasteiger partial charge in [0.2, 0.25) is 0 Å². The predicted molar refractivity (Wildman–Crippen MR) is 116 cm³/mol. The molecule has 0 unspecified atom stereocenters. The van der Waals surface area contributed by atoms with Crippen molar-refractivity contribution in [2.24, 2.45) is 0 Å². The average Bonchev–Trinajstić information content (AvgIpc) is 2.75. The van der Waals surface area contributed by atoms with Crippen LogP contribution in [-0.2, 0) is 4.74 Å². The minimum absolute atomic E-state index is 0.301. The molecule has 1 saturated heterocycles. The van der Waals surface area contributed by atoms with Crippen LogP contribution < -0.4 is 0 Å². The van der Waals surface area contributed by atoms with Crippen LogP contribution in [0.25, 0.3) is 11.3 Å². The van der Waals surface area contributed by atoms with Gasteiger partial charge < -0.3 is 9.84 Å². The molecule has 1 aromatic heterocycles. The van der Waals surface area contributed by atoms with Crippen molar-refractivity contribution in [1.29, 1.82) is 0 Å². The third-order valence-corrected chi connectivity index (χ3v) is 5.64. The lowest BCUT2D eigenvalue weighted by Gasteiger charge is -2.38. The number of halogens is 2. The lowest BCUT2D eigenvalue weighted by molar-refractivity contribution is -0.0238. The molecule has 0 amide bonds. The molecule has 1 aliphatic rings. The van der Waals surface area contributed by atoms with E-state index in [2.05, 4.69) is 9.88 Å². The molecule has 156 valence electrons. The quantitative estimate of drug-likeness (QED) is 0.626. The van der Waals surface area contributed by atoms with Crippen molar-refractivity contribution in [2.45, 2.75) is 19.1 Å². The number of aromatic nitrogens is 1. The number of pyridine rings is 1. The highest BCUT2D eigenvalue weighted by atomic mass is 35.5. The van der Waals surface area contributed by atoms with Gasteiger partial charge in [-0.1, -0.05) is 29.8 Å². The van der Waals surface area contributed by atoms with Gasteiger partial charge in [0.1, 0.15) is 11.9 Å². The van der Waals surface area contributed by atoms with E-state index in [9.17, 15) is 9.50 Å². The zero-order valence-corrected chi connectivity index (χ0v) is 17.5. The van der Waals surface area contributed by atoms with Gasteiger partial charge in [-0.3, -0.25) is 9.88 Å². The van der Waals surface area contributed by atoms with Crippen molar-refractivity contribution in [2.75, 3.05) is 26.3 Å². The van der Waals surface area contributed by atoms with E-state index in [4.69, 9.17) is 16.3 Å². The van der Waals surface area contributed by atoms with Gasteiger partial charge in [-0.15, -0.1) is 0 Å². The van der Waals surface area contributed by atoms with Crippen molar-refractivity contribution in [3.63, 3.8) is 0 Å². The van der Waals surface area contributed by atoms with Gasteiger partial charge in [0, 0.05) is 35.4 Å². The second kappa shape index (κ2) is 9.23. The summed E-state index contributed by atoms with van der Waals surface area (Å²) in [4.78, 5) is 6.75. The molecule has 2 atom stereocenters. The molecular weight excluding hydrogens is 403 g/mol. The zero-order valence-electron chi connectivity index (χ0n) is 16.8. The van der Waals surface area contributed by atoms with E-state index in [1.54, 1.807) is 18.3 Å². The molecule has 30 heavy (non-hydrogen) atoms. The lowest BCUT2D eigenvalue weighted by Crippen LogP contribution is -2.41. The van der Waals surface area contributed by atoms with Crippen LogP contribution in [0.5, 0.6) is 0 Å². The number of benzene rings is 2. The van der Waals surface area contributed by atoms with Gasteiger partial charge in [-0.05, 0) is 54.4 Å². The van der Waals surface area contributed by atoms with E-state index in [1.165, 1.54) is 12.1 Å². The van der Waals surface area contributed by atoms with Crippen molar-refractivity contribution in [1.82, 2.24) is 9.88 Å². The minimum atomic E-state index is -0.864. The fourth-order valence-electron chi connectivity index (χ4n) is 4.05. The van der Waals surface area contributed by atoms with Crippen molar-refractivity contribution < 1.29 is 14.2 Å². The van der Waals surface area contributed by atoms with Crippen LogP contribution in [0.1, 0.15) is 28.8 Å². The summed E-state index contributed by atoms with van der Waals surface area (Å²) in [5.41, 5.74) is 4.13. The van der Waals surface area contributed by atoms with Gasteiger partial charge in [-0.25, -0.2) is 4.39 Å². The van der Waals surface area contributed by atoms with Crippen molar-refractivity contribution >= 4 is 11.6 Å². The standard InChI is InChI=1S/C24H24ClFN2O2/c1-16-13-18(15-19(25)14-16)22-21(3-2-8-27-22)24(29)23(28-9-11-30-12-10-28)17-4-6-20(26)7-5-17/h2-8,13-15,23-24,29H,9-12H2,1H3/t23-,24+/m0/s1. The number of morpholine rings is 1. The first-order valence-electron chi connectivity index (χ1n) is 10.0. The van der Waals surface area contributed by atoms with Gasteiger partial charge in [0.05, 0.1) is 24.9 Å². The predicted octanol–water partition coefficient (Wildman–Crippen LogP) is 4.96. The normalized spacial score (nSPS) is 16.9. The summed E-state index contributed by atoms with van der Waals surface area (Å²) in [5.74, 6) is -0.301. The summed E-state index contributed by atoms with van der Waals surface area (Å²) in [6, 6.07) is 15.4. The van der Waals surface area contributed by atoms with Crippen LogP contribution in [0.4, 0.5) is 4.39 Å². The first-order valence-corrected chi connectivity index (χ1v) is 10.4. The van der Waals surface area contributed by atoms with Gasteiger partial charge in [-0.2, -0.15) is 0 Å². The SMILES string of the molecule is Cc1cc(Cl)cc(-c2ncccc2[C@@H](O)[C@H](c2ccc(F)cc2)N2CCOCC2)c1. The summed E-state index contributed by atoms with van der Waals surface area (Å²) < 4.78 is 19.1. The maximum atomic E-state index is 13.6. The first kappa shape index (κ1) is 20.9. The van der Waals surface area contributed by atoms with Crippen LogP contribution in [0.15, 0.2) is 60.8 Å². The van der Waals surface area contributed by atoms with Gasteiger partial charge in [0.25, 0.3) is 0 Å². The molecule has 2 heterocycles. The third-order valence-electron chi connectivity index (χ3n) is 5.42. The second-order valence-electron chi connectivity index (χ2n) is 7.55. The second-order valence-corrected chi connectivity index (χ2v) is 7.98. The van der Waals surface area contributed by atoms with Crippen molar-refractivity contribution in [3.05, 3.63) is 88.3 Å². The van der Waals surface area contributed by atoms with E-state index in [0.717, 1.165) is 16.7 Å². The average molecular weight is 427 g/mol. The summed E-state index contributed by atoms with van der Waals surface area (Å²) >= 11 is 6.28. The van der Waals surface area contributed by atoms with Gasteiger partial charge in [0.15, 0.2) is 0 Å². The number of ether oxygens (including phenoxy) is 1. The Kier molecular flexibility index (Phi) is 6.44. The molecule has 0 aliphatic carbocycles. The molecule has 0 spiro atoms. The maximum absolute atomic E-state index is 13.6. The fourth-order valence-corrected chi connectivity index (χ4v) is 4.34. The Morgan fingerprint density at radius 2 is 1.83 bits per heavy atom. The van der Waals surface area contributed by atoms with Gasteiger partial charge >= 0.3 is 0 Å². The monoisotopic (exact) mass is 426 g/mol. The molecule has 0 radical (unpaired) electrons. The van der Waals surface area contributed by atoms with Crippen LogP contribution in [-0.4, -0.2) is 41.3 Å². The number of aliphatic hydroxyl groups excluding tert-OH is 1. The van der Waals surface area contributed by atoms with E-state index >= 15 is 0 Å². The Hall–Kier alpha value is -2.31. The van der Waals surface area contributed by atoms with E-state index in [-0.39, 0.29) is 11.9 Å². The first-order chi connectivity index (χ1) is 14.5. The molecule has 4 nitrogen and oxygen atoms in total. The number of aliphatic hydroxyl groups is 1. The minimum Gasteiger partial charge on any atom is -0.386 e. The molecule has 3 aromatic rings. The number of hydrogen-bond donors (Lipinski definition) is 1. The highest BCUT2D eigenvalue weighted by molar-refractivity contribution is 6.30. The maximum Gasteiger partial charge on any atom is 0.123 e. The lowest BCUT2D eigenvalue weighted by atomic mass is 9.91. The molecule has 1 aliphatic heterocycles. The Labute approximate surface area is 180 Å². The Morgan fingerprint density at radius 1 is 1.10 bits per heavy atom. The molecular formula is C24H24ClFN2O2. The topological polar surface area (TPSA) is 45.6 Å². The van der Waals surface area contributed by atoms with E-state index < -0.39 is 6.10 Å². The highest BCUT2D eigenvalue weighted by Crippen LogP contribution is 2.38. The molecule has 6 heteroatoms. The van der Waals surface area contributed by atoms with E-state index in [0.29, 0.717) is 42.6 Å². The molecule has 0 bridgehead atoms. The number of rotatable bonds is 5. The van der Waals surface area contributed by atoms with Crippen LogP contribution in [0.3, 0.4) is 0 Å². The molecule has 1 fully saturated rings. The molecule has 2 aromatic carbocycles. The van der Waals surface area contributed by atoms with Crippen LogP contribution in [0.2, 0.25) is 5.02 Å².